The molecule has 6 heteroatoms. The fraction of sp³-hybridized carbons (Fsp3) is 0.222. The molecule has 0 aliphatic rings. The zero-order valence-electron chi connectivity index (χ0n) is 13.8. The lowest BCUT2D eigenvalue weighted by Crippen LogP contribution is -2.22. The van der Waals surface area contributed by atoms with E-state index in [2.05, 4.69) is 10.6 Å². The minimum atomic E-state index is -0.445. The van der Waals surface area contributed by atoms with Gasteiger partial charge in [-0.25, -0.2) is 0 Å². The molecule has 0 fully saturated rings. The van der Waals surface area contributed by atoms with Crippen molar-refractivity contribution >= 4 is 34.8 Å². The Balaban J connectivity index is 2.02. The van der Waals surface area contributed by atoms with Gasteiger partial charge in [0.25, 0.3) is 0 Å². The molecular weight excluding hydrogens is 328 g/mol. The Morgan fingerprint density at radius 3 is 2.29 bits per heavy atom. The number of nitrogens with one attached hydrogen (secondary N) is 2. The van der Waals surface area contributed by atoms with E-state index >= 15 is 0 Å². The van der Waals surface area contributed by atoms with E-state index in [4.69, 9.17) is 16.3 Å². The van der Waals surface area contributed by atoms with E-state index in [1.165, 1.54) is 7.11 Å². The summed E-state index contributed by atoms with van der Waals surface area (Å²) >= 11 is 5.92. The molecule has 2 rings (SSSR count). The Hall–Kier alpha value is -2.53. The van der Waals surface area contributed by atoms with Crippen LogP contribution in [0.3, 0.4) is 0 Å². The summed E-state index contributed by atoms with van der Waals surface area (Å²) in [5, 5.41) is 5.88. The third kappa shape index (κ3) is 4.49. The first-order chi connectivity index (χ1) is 11.4. The summed E-state index contributed by atoms with van der Waals surface area (Å²) < 4.78 is 5.16. The average Bonchev–Trinajstić information content (AvgIpc) is 2.51. The molecule has 0 radical (unpaired) electrons. The molecule has 5 nitrogen and oxygen atoms in total. The number of halogens is 1. The van der Waals surface area contributed by atoms with Crippen LogP contribution in [0.25, 0.3) is 0 Å². The number of carbonyl (C=O) groups is 2. The Bertz CT molecular complexity index is 755. The molecule has 0 atom stereocenters. The van der Waals surface area contributed by atoms with Crippen LogP contribution >= 0.6 is 11.6 Å². The van der Waals surface area contributed by atoms with Crippen LogP contribution in [0, 0.1) is 13.8 Å². The van der Waals surface area contributed by atoms with Crippen molar-refractivity contribution in [1.82, 2.24) is 0 Å². The maximum absolute atomic E-state index is 12.1. The van der Waals surface area contributed by atoms with Gasteiger partial charge < -0.3 is 15.4 Å². The molecule has 0 aliphatic heterocycles. The van der Waals surface area contributed by atoms with E-state index in [-0.39, 0.29) is 12.3 Å². The van der Waals surface area contributed by atoms with Crippen molar-refractivity contribution in [1.29, 1.82) is 0 Å². The van der Waals surface area contributed by atoms with Gasteiger partial charge in [-0.3, -0.25) is 9.59 Å². The summed E-state index contributed by atoms with van der Waals surface area (Å²) in [7, 11) is 1.49. The molecule has 0 heterocycles. The Morgan fingerprint density at radius 1 is 1.04 bits per heavy atom. The largest absolute Gasteiger partial charge is 0.495 e. The topological polar surface area (TPSA) is 67.4 Å². The van der Waals surface area contributed by atoms with Gasteiger partial charge >= 0.3 is 0 Å². The maximum Gasteiger partial charge on any atom is 0.233 e. The Kier molecular flexibility index (Phi) is 5.82. The van der Waals surface area contributed by atoms with Crippen molar-refractivity contribution in [3.05, 3.63) is 52.5 Å². The molecule has 2 aromatic rings. The molecule has 0 unspecified atom stereocenters. The normalized spacial score (nSPS) is 10.2. The minimum Gasteiger partial charge on any atom is -0.495 e. The molecule has 126 valence electrons. The second-order valence-corrected chi connectivity index (χ2v) is 5.82. The molecule has 0 saturated carbocycles. The zero-order valence-corrected chi connectivity index (χ0v) is 14.5. The molecule has 2 amide bonds. The summed E-state index contributed by atoms with van der Waals surface area (Å²) in [5.41, 5.74) is 3.05. The number of benzene rings is 2. The number of hydrogen-bond donors (Lipinski definition) is 2. The first-order valence-electron chi connectivity index (χ1n) is 7.40. The summed E-state index contributed by atoms with van der Waals surface area (Å²) in [6, 6.07) is 10.6. The zero-order chi connectivity index (χ0) is 17.7. The van der Waals surface area contributed by atoms with Crippen LogP contribution in [-0.4, -0.2) is 18.9 Å². The fourth-order valence-electron chi connectivity index (χ4n) is 2.31. The van der Waals surface area contributed by atoms with Gasteiger partial charge in [-0.1, -0.05) is 29.8 Å². The van der Waals surface area contributed by atoms with Gasteiger partial charge in [0.05, 0.1) is 12.8 Å². The van der Waals surface area contributed by atoms with Crippen molar-refractivity contribution in [2.75, 3.05) is 17.7 Å². The van der Waals surface area contributed by atoms with E-state index in [0.29, 0.717) is 16.5 Å². The predicted octanol–water partition coefficient (Wildman–Crippen LogP) is 3.93. The standard InChI is InChI=1S/C18H19ClN2O3/c1-11-5-4-6-12(2)18(11)21-17(23)10-16(22)20-14-9-13(19)7-8-15(14)24-3/h4-9H,10H2,1-3H3,(H,20,22)(H,21,23). The molecule has 2 N–H and O–H groups in total. The molecule has 0 spiro atoms. The number of hydrogen-bond acceptors (Lipinski definition) is 3. The molecule has 0 saturated heterocycles. The Morgan fingerprint density at radius 2 is 1.67 bits per heavy atom. The SMILES string of the molecule is COc1ccc(Cl)cc1NC(=O)CC(=O)Nc1c(C)cccc1C. The number of rotatable bonds is 5. The van der Waals surface area contributed by atoms with E-state index in [1.54, 1.807) is 18.2 Å². The highest BCUT2D eigenvalue weighted by atomic mass is 35.5. The van der Waals surface area contributed by atoms with Crippen LogP contribution in [0.2, 0.25) is 5.02 Å². The lowest BCUT2D eigenvalue weighted by molar-refractivity contribution is -0.123. The summed E-state index contributed by atoms with van der Waals surface area (Å²) in [6.45, 7) is 3.80. The van der Waals surface area contributed by atoms with Gasteiger partial charge in [-0.2, -0.15) is 0 Å². The van der Waals surface area contributed by atoms with Gasteiger partial charge in [0.2, 0.25) is 11.8 Å². The average molecular weight is 347 g/mol. The molecule has 2 aromatic carbocycles. The fourth-order valence-corrected chi connectivity index (χ4v) is 2.49. The van der Waals surface area contributed by atoms with Gasteiger partial charge in [0, 0.05) is 10.7 Å². The maximum atomic E-state index is 12.1. The first kappa shape index (κ1) is 17.8. The highest BCUT2D eigenvalue weighted by Crippen LogP contribution is 2.27. The molecule has 0 bridgehead atoms. The van der Waals surface area contributed by atoms with Crippen molar-refractivity contribution in [3.8, 4) is 5.75 Å². The van der Waals surface area contributed by atoms with Crippen LogP contribution in [0.1, 0.15) is 17.5 Å². The second-order valence-electron chi connectivity index (χ2n) is 5.38. The number of amides is 2. The minimum absolute atomic E-state index is 0.302. The predicted molar refractivity (Wildman–Crippen MR) is 95.8 cm³/mol. The van der Waals surface area contributed by atoms with E-state index < -0.39 is 5.91 Å². The van der Waals surface area contributed by atoms with Gasteiger partial charge in [0.15, 0.2) is 0 Å². The molecular formula is C18H19ClN2O3. The van der Waals surface area contributed by atoms with E-state index in [1.807, 2.05) is 32.0 Å². The van der Waals surface area contributed by atoms with Crippen molar-refractivity contribution < 1.29 is 14.3 Å². The smallest absolute Gasteiger partial charge is 0.233 e. The highest BCUT2D eigenvalue weighted by molar-refractivity contribution is 6.31. The first-order valence-corrected chi connectivity index (χ1v) is 7.78. The van der Waals surface area contributed by atoms with Crippen LogP contribution in [-0.2, 0) is 9.59 Å². The Labute approximate surface area is 146 Å². The number of carbonyl (C=O) groups excluding carboxylic acids is 2. The van der Waals surface area contributed by atoms with Crippen LogP contribution in [0.4, 0.5) is 11.4 Å². The number of anilines is 2. The number of ether oxygens (including phenoxy) is 1. The quantitative estimate of drug-likeness (QED) is 0.806. The van der Waals surface area contributed by atoms with Gasteiger partial charge in [-0.05, 0) is 43.2 Å². The van der Waals surface area contributed by atoms with E-state index in [0.717, 1.165) is 16.8 Å². The third-order valence-corrected chi connectivity index (χ3v) is 3.74. The second kappa shape index (κ2) is 7.84. The van der Waals surface area contributed by atoms with E-state index in [9.17, 15) is 9.59 Å². The third-order valence-electron chi connectivity index (χ3n) is 3.50. The molecule has 0 aromatic heterocycles. The number of para-hydroxylation sites is 1. The van der Waals surface area contributed by atoms with Crippen molar-refractivity contribution in [3.63, 3.8) is 0 Å². The highest BCUT2D eigenvalue weighted by Gasteiger charge is 2.14. The lowest BCUT2D eigenvalue weighted by atomic mass is 10.1. The summed E-state index contributed by atoms with van der Waals surface area (Å²) in [4.78, 5) is 24.2. The summed E-state index contributed by atoms with van der Waals surface area (Å²) in [5.74, 6) is -0.354. The van der Waals surface area contributed by atoms with Gasteiger partial charge in [-0.15, -0.1) is 0 Å². The lowest BCUT2D eigenvalue weighted by Gasteiger charge is -2.12. The summed E-state index contributed by atoms with van der Waals surface area (Å²) in [6.07, 6.45) is -0.302. The van der Waals surface area contributed by atoms with Crippen LogP contribution < -0.4 is 15.4 Å². The van der Waals surface area contributed by atoms with Crippen LogP contribution in [0.15, 0.2) is 36.4 Å². The van der Waals surface area contributed by atoms with Crippen molar-refractivity contribution in [2.24, 2.45) is 0 Å². The number of methoxy groups -OCH3 is 1. The molecule has 24 heavy (non-hydrogen) atoms. The van der Waals surface area contributed by atoms with Gasteiger partial charge in [0.1, 0.15) is 12.2 Å². The molecule has 0 aliphatic carbocycles. The monoisotopic (exact) mass is 346 g/mol. The number of aryl methyl sites for hydroxylation is 2. The van der Waals surface area contributed by atoms with Crippen molar-refractivity contribution in [2.45, 2.75) is 20.3 Å². The van der Waals surface area contributed by atoms with Crippen LogP contribution in [0.5, 0.6) is 5.75 Å².